The third-order valence-corrected chi connectivity index (χ3v) is 12.4. The van der Waals surface area contributed by atoms with Crippen molar-refractivity contribution in [3.63, 3.8) is 0 Å². The third-order valence-electron chi connectivity index (χ3n) is 12.4. The maximum atomic E-state index is 15.3. The molecular weight excluding hydrogens is 1070 g/mol. The molecule has 0 unspecified atom stereocenters. The summed E-state index contributed by atoms with van der Waals surface area (Å²) < 4.78 is 28.1. The van der Waals surface area contributed by atoms with Gasteiger partial charge in [-0.3, -0.25) is 14.4 Å². The highest BCUT2D eigenvalue weighted by Crippen LogP contribution is 2.22. The summed E-state index contributed by atoms with van der Waals surface area (Å²) >= 11 is 0. The molecule has 0 saturated heterocycles. The van der Waals surface area contributed by atoms with Crippen LogP contribution in [0.2, 0.25) is 0 Å². The maximum absolute atomic E-state index is 15.3. The van der Waals surface area contributed by atoms with Crippen molar-refractivity contribution in [2.45, 2.75) is 163 Å². The fourth-order valence-electron chi connectivity index (χ4n) is 8.68. The molecule has 0 spiro atoms. The first-order valence-electron chi connectivity index (χ1n) is 28.2. The minimum absolute atomic E-state index is 0.0140. The van der Waals surface area contributed by atoms with E-state index in [0.29, 0.717) is 17.9 Å². The first-order valence-corrected chi connectivity index (χ1v) is 28.2. The van der Waals surface area contributed by atoms with Crippen LogP contribution in [-0.2, 0) is 52.8 Å². The van der Waals surface area contributed by atoms with Gasteiger partial charge in [0, 0.05) is 38.8 Å². The molecule has 0 bridgehead atoms. The Labute approximate surface area is 493 Å². The molecule has 454 valence electrons. The van der Waals surface area contributed by atoms with E-state index >= 15 is 4.79 Å². The van der Waals surface area contributed by atoms with E-state index in [1.54, 1.807) is 124 Å². The molecule has 1 aliphatic rings. The molecule has 4 aromatic carbocycles. The molecule has 0 aromatic heterocycles. The molecule has 7 amide bonds. The average molecular weight is 1160 g/mol. The van der Waals surface area contributed by atoms with Gasteiger partial charge in [0.2, 0.25) is 29.6 Å². The van der Waals surface area contributed by atoms with Crippen LogP contribution in [0.15, 0.2) is 119 Å². The van der Waals surface area contributed by atoms with E-state index in [1.165, 1.54) is 4.90 Å². The van der Waals surface area contributed by atoms with Crippen molar-refractivity contribution in [3.8, 4) is 5.75 Å². The first kappa shape index (κ1) is 66.3. The van der Waals surface area contributed by atoms with Gasteiger partial charge in [-0.2, -0.15) is 0 Å². The van der Waals surface area contributed by atoms with Crippen molar-refractivity contribution >= 4 is 64.8 Å². The zero-order chi connectivity index (χ0) is 62.0. The van der Waals surface area contributed by atoms with E-state index in [2.05, 4.69) is 15.3 Å². The number of benzene rings is 4. The van der Waals surface area contributed by atoms with Crippen LogP contribution in [0.3, 0.4) is 0 Å². The third kappa shape index (κ3) is 23.0. The first-order chi connectivity index (χ1) is 39.3. The Kier molecular flexibility index (Phi) is 23.4. The summed E-state index contributed by atoms with van der Waals surface area (Å²) in [7, 11) is 0. The summed E-state index contributed by atoms with van der Waals surface area (Å²) in [6.45, 7) is 19.9. The number of aliphatic imine (C=N–C) groups is 2. The van der Waals surface area contributed by atoms with E-state index < -0.39 is 82.6 Å². The van der Waals surface area contributed by atoms with Gasteiger partial charge in [0.25, 0.3) is 0 Å². The molecule has 1 heterocycles. The molecule has 0 fully saturated rings. The van der Waals surface area contributed by atoms with Crippen molar-refractivity contribution in [1.29, 1.82) is 0 Å². The minimum Gasteiger partial charge on any atom is -0.489 e. The van der Waals surface area contributed by atoms with E-state index in [1.807, 2.05) is 72.8 Å². The number of nitrogens with one attached hydrogen (secondary N) is 1. The lowest BCUT2D eigenvalue weighted by Crippen LogP contribution is -2.54. The van der Waals surface area contributed by atoms with E-state index in [-0.39, 0.29) is 77.2 Å². The van der Waals surface area contributed by atoms with Gasteiger partial charge in [0.05, 0.1) is 12.8 Å². The van der Waals surface area contributed by atoms with Crippen molar-refractivity contribution in [1.82, 2.24) is 24.9 Å². The van der Waals surface area contributed by atoms with Gasteiger partial charge < -0.3 is 50.3 Å². The van der Waals surface area contributed by atoms with Crippen molar-refractivity contribution in [3.05, 3.63) is 126 Å². The highest BCUT2D eigenvalue weighted by molar-refractivity contribution is 5.99. The summed E-state index contributed by atoms with van der Waals surface area (Å²) in [4.78, 5) is 111. The standard InChI is InChI=1S/C63H85N9O12/c1-60(2,3)81-56(76)67-54(64)71(58(78)83-62(7,8)9)36-20-26-48-41-69(51(73)40-45-28-31-46-24-16-17-25-47(46)38-45)34-18-19-35-70(52(74)39-43-29-32-49(33-30-43)80-42-44-22-14-13-15-23-44)50(53(75)66-48)27-21-37-72(59(79)84-63(10,11)12)55(65)68-57(77)82-61(4,5)6/h13-19,22-25,28-33,38,48,50H,20-21,26-27,34-37,39-42H2,1-12H3,(H,66,75)(H2,64,67,76)(H2,65,68,77)/b19-18+/t48-,50-/m0/s1. The van der Waals surface area contributed by atoms with Gasteiger partial charge in [-0.25, -0.2) is 29.0 Å². The van der Waals surface area contributed by atoms with Crippen LogP contribution in [0, 0.1) is 0 Å². The van der Waals surface area contributed by atoms with E-state index in [4.69, 9.17) is 35.2 Å². The summed E-state index contributed by atoms with van der Waals surface area (Å²) in [6, 6.07) is 28.4. The van der Waals surface area contributed by atoms with Crippen molar-refractivity contribution in [2.75, 3.05) is 32.7 Å². The van der Waals surface area contributed by atoms with E-state index in [0.717, 1.165) is 31.7 Å². The number of carbonyl (C=O) groups excluding carboxylic acids is 7. The Morgan fingerprint density at radius 3 is 1.61 bits per heavy atom. The number of nitrogens with zero attached hydrogens (tertiary/aromatic N) is 6. The lowest BCUT2D eigenvalue weighted by molar-refractivity contribution is -0.140. The molecule has 84 heavy (non-hydrogen) atoms. The lowest BCUT2D eigenvalue weighted by Gasteiger charge is -2.33. The van der Waals surface area contributed by atoms with E-state index in [9.17, 15) is 28.8 Å². The van der Waals surface area contributed by atoms with Crippen LogP contribution in [-0.4, -0.2) is 141 Å². The summed E-state index contributed by atoms with van der Waals surface area (Å²) in [5.74, 6) is -1.66. The number of fused-ring (bicyclic) bond motifs is 1. The Morgan fingerprint density at radius 1 is 0.571 bits per heavy atom. The Morgan fingerprint density at radius 2 is 1.06 bits per heavy atom. The molecule has 1 aliphatic heterocycles. The monoisotopic (exact) mass is 1160 g/mol. The summed E-state index contributed by atoms with van der Waals surface area (Å²) in [6.07, 6.45) is -0.259. The Bertz CT molecular complexity index is 3010. The fourth-order valence-corrected chi connectivity index (χ4v) is 8.68. The van der Waals surface area contributed by atoms with Gasteiger partial charge in [-0.15, -0.1) is 9.98 Å². The molecule has 0 radical (unpaired) electrons. The van der Waals surface area contributed by atoms with Crippen LogP contribution < -0.4 is 21.5 Å². The number of nitrogens with two attached hydrogens (primary N) is 2. The smallest absolute Gasteiger partial charge is 0.437 e. The van der Waals surface area contributed by atoms with Crippen LogP contribution in [0.25, 0.3) is 10.8 Å². The Balaban J connectivity index is 1.53. The van der Waals surface area contributed by atoms with Crippen molar-refractivity contribution < 1.29 is 57.2 Å². The van der Waals surface area contributed by atoms with Gasteiger partial charge in [-0.1, -0.05) is 97.1 Å². The Hall–Kier alpha value is -8.49. The summed E-state index contributed by atoms with van der Waals surface area (Å²) in [5, 5.41) is 5.13. The molecular formula is C63H85N9O12. The largest absolute Gasteiger partial charge is 0.489 e. The van der Waals surface area contributed by atoms with Crippen molar-refractivity contribution in [2.24, 2.45) is 21.5 Å². The van der Waals surface area contributed by atoms with Gasteiger partial charge in [0.15, 0.2) is 0 Å². The molecule has 2 atom stereocenters. The molecule has 0 saturated carbocycles. The number of rotatable bonds is 15. The zero-order valence-corrected chi connectivity index (χ0v) is 50.8. The number of carbonyl (C=O) groups is 7. The highest BCUT2D eigenvalue weighted by atomic mass is 16.6. The zero-order valence-electron chi connectivity index (χ0n) is 50.8. The highest BCUT2D eigenvalue weighted by Gasteiger charge is 2.34. The SMILES string of the molecule is CC(C)(C)OC(=O)/N=C(\N)N(CCC[C@H]1CN(C(=O)Cc2ccc3ccccc3c2)C/C=C/CN(C(=O)Cc2ccc(OCc3ccccc3)cc2)[C@@H](CCCN(C(=O)OC(C)(C)C)/C(N)=N/C(=O)OC(C)(C)C)C(=O)N1)C(=O)OC(C)(C)C. The quantitative estimate of drug-likeness (QED) is 0.0433. The van der Waals surface area contributed by atoms with Gasteiger partial charge in [-0.05, 0) is 148 Å². The normalized spacial score (nSPS) is 16.1. The van der Waals surface area contributed by atoms with Gasteiger partial charge >= 0.3 is 24.4 Å². The number of amides is 7. The molecule has 0 aliphatic carbocycles. The topological polar surface area (TPSA) is 267 Å². The molecule has 5 rings (SSSR count). The second kappa shape index (κ2) is 29.7. The fraction of sp³-hybridized carbons (Fsp3) is 0.476. The molecule has 21 heteroatoms. The number of guanidine groups is 2. The van der Waals surface area contributed by atoms with Crippen LogP contribution >= 0.6 is 0 Å². The molecule has 5 N–H and O–H groups in total. The van der Waals surface area contributed by atoms with Crippen LogP contribution in [0.5, 0.6) is 5.75 Å². The van der Waals surface area contributed by atoms with Gasteiger partial charge in [0.1, 0.15) is 40.8 Å². The molecule has 21 nitrogen and oxygen atoms in total. The average Bonchev–Trinajstić information content (AvgIpc) is 3.53. The van der Waals surface area contributed by atoms with Crippen LogP contribution in [0.4, 0.5) is 19.2 Å². The maximum Gasteiger partial charge on any atom is 0.437 e. The minimum atomic E-state index is -1.21. The number of hydrogen-bond acceptors (Lipinski definition) is 12. The summed E-state index contributed by atoms with van der Waals surface area (Å²) in [5.41, 5.74) is 11.3. The predicted octanol–water partition coefficient (Wildman–Crippen LogP) is 9.82. The lowest BCUT2D eigenvalue weighted by atomic mass is 10.0. The molecule has 4 aromatic rings. The van der Waals surface area contributed by atoms with Crippen LogP contribution in [0.1, 0.15) is 125 Å². The second-order valence-corrected chi connectivity index (χ2v) is 24.4. The predicted molar refractivity (Wildman–Crippen MR) is 322 cm³/mol. The second-order valence-electron chi connectivity index (χ2n) is 24.4. The number of ether oxygens (including phenoxy) is 5. The number of hydrogen-bond donors (Lipinski definition) is 3.